The average molecular weight is 556 g/mol. The normalized spacial score (nSPS) is 11.2. The largest absolute Gasteiger partial charge is 0.297 e. The van der Waals surface area contributed by atoms with Crippen molar-refractivity contribution >= 4 is 51.7 Å². The fourth-order valence-electron chi connectivity index (χ4n) is 3.81. The second-order valence-corrected chi connectivity index (χ2v) is 10.2. The minimum absolute atomic E-state index is 0.0653. The second-order valence-electron chi connectivity index (χ2n) is 8.25. The van der Waals surface area contributed by atoms with Gasteiger partial charge in [0.2, 0.25) is 0 Å². The molecule has 0 bridgehead atoms. The molecule has 1 amide bonds. The Balaban J connectivity index is 1.40. The molecule has 1 N–H and O–H groups in total. The number of nitrogens with one attached hydrogen (secondary N) is 1. The van der Waals surface area contributed by atoms with E-state index in [2.05, 4.69) is 10.3 Å². The number of thiazole rings is 1. The van der Waals surface area contributed by atoms with Crippen LogP contribution in [0.15, 0.2) is 96.8 Å². The van der Waals surface area contributed by atoms with Crippen molar-refractivity contribution in [3.63, 3.8) is 0 Å². The third kappa shape index (κ3) is 5.84. The molecule has 186 valence electrons. The summed E-state index contributed by atoms with van der Waals surface area (Å²) in [4.78, 5) is 18.2. The quantitative estimate of drug-likeness (QED) is 0.167. The summed E-state index contributed by atoms with van der Waals surface area (Å²) in [6.07, 6.45) is 5.54. The molecular formula is C29H19Cl2N5OS. The first-order valence-electron chi connectivity index (χ1n) is 11.5. The Bertz CT molecular complexity index is 1670. The summed E-state index contributed by atoms with van der Waals surface area (Å²) in [6, 6.07) is 26.6. The van der Waals surface area contributed by atoms with Gasteiger partial charge in [-0.15, -0.1) is 11.3 Å². The van der Waals surface area contributed by atoms with Crippen LogP contribution in [0.1, 0.15) is 16.0 Å². The molecule has 9 heteroatoms. The van der Waals surface area contributed by atoms with E-state index in [1.54, 1.807) is 41.4 Å². The predicted octanol–water partition coefficient (Wildman–Crippen LogP) is 7.44. The topological polar surface area (TPSA) is 83.6 Å². The highest BCUT2D eigenvalue weighted by atomic mass is 35.5. The molecule has 0 spiro atoms. The van der Waals surface area contributed by atoms with Crippen LogP contribution in [-0.4, -0.2) is 20.7 Å². The smallest absolute Gasteiger partial charge is 0.268 e. The number of carbonyl (C=O) groups is 1. The Kier molecular flexibility index (Phi) is 7.66. The Morgan fingerprint density at radius 1 is 1.05 bits per heavy atom. The molecule has 0 saturated carbocycles. The van der Waals surface area contributed by atoms with Crippen LogP contribution in [0.2, 0.25) is 10.0 Å². The number of aromatic nitrogens is 3. The van der Waals surface area contributed by atoms with Crippen LogP contribution in [0.5, 0.6) is 0 Å². The number of nitriles is 1. The first-order chi connectivity index (χ1) is 18.5. The summed E-state index contributed by atoms with van der Waals surface area (Å²) < 4.78 is 1.73. The van der Waals surface area contributed by atoms with Gasteiger partial charge >= 0.3 is 0 Å². The first kappa shape index (κ1) is 25.4. The molecule has 0 radical (unpaired) electrons. The number of carbonyl (C=O) groups excluding carboxylic acids is 1. The molecule has 2 heterocycles. The highest BCUT2D eigenvalue weighted by Crippen LogP contribution is 2.28. The zero-order valence-corrected chi connectivity index (χ0v) is 22.1. The third-order valence-electron chi connectivity index (χ3n) is 5.62. The van der Waals surface area contributed by atoms with E-state index in [0.717, 1.165) is 21.7 Å². The molecule has 0 aliphatic carbocycles. The molecular weight excluding hydrogens is 537 g/mol. The monoisotopic (exact) mass is 555 g/mol. The van der Waals surface area contributed by atoms with E-state index >= 15 is 0 Å². The van der Waals surface area contributed by atoms with Gasteiger partial charge in [0, 0.05) is 44.9 Å². The fourth-order valence-corrected chi connectivity index (χ4v) is 5.02. The third-order valence-corrected chi connectivity index (χ3v) is 7.14. The van der Waals surface area contributed by atoms with Gasteiger partial charge in [-0.2, -0.15) is 10.4 Å². The van der Waals surface area contributed by atoms with E-state index in [1.165, 1.54) is 11.3 Å². The zero-order chi connectivity index (χ0) is 26.5. The molecule has 0 fully saturated rings. The minimum atomic E-state index is -0.555. The number of nitrogens with zero attached hydrogens (tertiary/aromatic N) is 4. The number of hydrogen-bond acceptors (Lipinski definition) is 5. The summed E-state index contributed by atoms with van der Waals surface area (Å²) in [5.41, 5.74) is 3.83. The number of amides is 1. The maximum Gasteiger partial charge on any atom is 0.268 e. The Morgan fingerprint density at radius 2 is 1.79 bits per heavy atom. The lowest BCUT2D eigenvalue weighted by atomic mass is 10.1. The van der Waals surface area contributed by atoms with Crippen LogP contribution < -0.4 is 5.32 Å². The molecule has 0 atom stereocenters. The summed E-state index contributed by atoms with van der Waals surface area (Å²) in [5.74, 6) is -0.555. The zero-order valence-electron chi connectivity index (χ0n) is 19.8. The Labute approximate surface area is 233 Å². The van der Waals surface area contributed by atoms with Gasteiger partial charge in [-0.1, -0.05) is 71.7 Å². The molecule has 5 aromatic rings. The van der Waals surface area contributed by atoms with Gasteiger partial charge in [0.05, 0.1) is 11.4 Å². The lowest BCUT2D eigenvalue weighted by molar-refractivity contribution is -0.112. The lowest BCUT2D eigenvalue weighted by Crippen LogP contribution is -2.13. The molecule has 0 saturated heterocycles. The van der Waals surface area contributed by atoms with Crippen molar-refractivity contribution in [2.45, 2.75) is 6.42 Å². The fraction of sp³-hybridized carbons (Fsp3) is 0.0345. The van der Waals surface area contributed by atoms with Gasteiger partial charge in [-0.3, -0.25) is 10.1 Å². The van der Waals surface area contributed by atoms with Crippen LogP contribution in [0.25, 0.3) is 23.0 Å². The van der Waals surface area contributed by atoms with E-state index in [4.69, 9.17) is 28.3 Å². The van der Waals surface area contributed by atoms with Gasteiger partial charge in [-0.25, -0.2) is 9.67 Å². The SMILES string of the molecule is N#C/C(=C/c1cn(-c2ccccc2)nc1-c1ccccc1)C(=O)Nc1ncc(Cc2cc(Cl)ccc2Cl)s1. The summed E-state index contributed by atoms with van der Waals surface area (Å²) >= 11 is 13.7. The molecule has 0 aliphatic rings. The van der Waals surface area contributed by atoms with Gasteiger partial charge in [0.15, 0.2) is 5.13 Å². The van der Waals surface area contributed by atoms with E-state index in [-0.39, 0.29) is 5.57 Å². The maximum atomic E-state index is 13.0. The molecule has 38 heavy (non-hydrogen) atoms. The number of benzene rings is 3. The van der Waals surface area contributed by atoms with E-state index in [0.29, 0.717) is 32.9 Å². The molecule has 2 aromatic heterocycles. The van der Waals surface area contributed by atoms with Crippen molar-refractivity contribution in [2.24, 2.45) is 0 Å². The number of halogens is 2. The second kappa shape index (κ2) is 11.4. The summed E-state index contributed by atoms with van der Waals surface area (Å²) in [5, 5.41) is 18.9. The van der Waals surface area contributed by atoms with Crippen molar-refractivity contribution in [3.8, 4) is 23.0 Å². The van der Waals surface area contributed by atoms with Crippen molar-refractivity contribution in [3.05, 3.63) is 123 Å². The minimum Gasteiger partial charge on any atom is -0.297 e. The van der Waals surface area contributed by atoms with Gasteiger partial charge in [0.1, 0.15) is 11.6 Å². The highest BCUT2D eigenvalue weighted by molar-refractivity contribution is 7.15. The van der Waals surface area contributed by atoms with Crippen LogP contribution >= 0.6 is 34.5 Å². The first-order valence-corrected chi connectivity index (χ1v) is 13.1. The maximum absolute atomic E-state index is 13.0. The molecule has 0 aliphatic heterocycles. The van der Waals surface area contributed by atoms with Crippen LogP contribution in [0, 0.1) is 11.3 Å². The van der Waals surface area contributed by atoms with Crippen LogP contribution in [0.4, 0.5) is 5.13 Å². The Morgan fingerprint density at radius 3 is 2.53 bits per heavy atom. The van der Waals surface area contributed by atoms with Crippen LogP contribution in [0.3, 0.4) is 0 Å². The lowest BCUT2D eigenvalue weighted by Gasteiger charge is -2.03. The number of hydrogen-bond donors (Lipinski definition) is 1. The van der Waals surface area contributed by atoms with Gasteiger partial charge in [-0.05, 0) is 42.0 Å². The molecule has 6 nitrogen and oxygen atoms in total. The predicted molar refractivity (Wildman–Crippen MR) is 153 cm³/mol. The highest BCUT2D eigenvalue weighted by Gasteiger charge is 2.17. The van der Waals surface area contributed by atoms with E-state index in [9.17, 15) is 10.1 Å². The number of anilines is 1. The Hall–Kier alpha value is -4.22. The standard InChI is InChI=1S/C29H19Cl2N5OS/c30-23-11-12-26(31)20(14-23)15-25-17-33-29(38-25)34-28(37)21(16-32)13-22-18-36(24-9-5-2-6-10-24)35-27(22)19-7-3-1-4-8-19/h1-14,17-18H,15H2,(H,33,34,37)/b21-13-. The van der Waals surface area contributed by atoms with Crippen molar-refractivity contribution in [1.82, 2.24) is 14.8 Å². The molecule has 0 unspecified atom stereocenters. The van der Waals surface area contributed by atoms with E-state index in [1.807, 2.05) is 66.7 Å². The average Bonchev–Trinajstić information content (AvgIpc) is 3.57. The van der Waals surface area contributed by atoms with Gasteiger partial charge in [0.25, 0.3) is 5.91 Å². The summed E-state index contributed by atoms with van der Waals surface area (Å²) in [6.45, 7) is 0. The van der Waals surface area contributed by atoms with Gasteiger partial charge < -0.3 is 0 Å². The van der Waals surface area contributed by atoms with Crippen molar-refractivity contribution in [2.75, 3.05) is 5.32 Å². The number of para-hydroxylation sites is 1. The number of rotatable bonds is 7. The van der Waals surface area contributed by atoms with E-state index < -0.39 is 5.91 Å². The van der Waals surface area contributed by atoms with Crippen molar-refractivity contribution in [1.29, 1.82) is 5.26 Å². The summed E-state index contributed by atoms with van der Waals surface area (Å²) in [7, 11) is 0. The molecule has 5 rings (SSSR count). The van der Waals surface area contributed by atoms with Crippen molar-refractivity contribution < 1.29 is 4.79 Å². The molecule has 3 aromatic carbocycles. The van der Waals surface area contributed by atoms with Crippen LogP contribution in [-0.2, 0) is 11.2 Å².